The Morgan fingerprint density at radius 1 is 1.18 bits per heavy atom. The van der Waals surface area contributed by atoms with Crippen molar-refractivity contribution in [3.63, 3.8) is 0 Å². The number of nitriles is 2. The van der Waals surface area contributed by atoms with Crippen molar-refractivity contribution in [3.05, 3.63) is 21.2 Å². The lowest BCUT2D eigenvalue weighted by atomic mass is 10.4. The summed E-state index contributed by atoms with van der Waals surface area (Å²) >= 11 is 16.2. The lowest BCUT2D eigenvalue weighted by Crippen LogP contribution is -1.75. The minimum Gasteiger partial charge on any atom is -0.193 e. The lowest BCUT2D eigenvalue weighted by molar-refractivity contribution is 1.51. The van der Waals surface area contributed by atoms with E-state index in [0.29, 0.717) is 0 Å². The standard InChI is InChI=1S/C6HCl3N2/c7-4(1-2-10)6(9)5(8)3-11/h1H/b4-1?,6-5+. The number of rotatable bonds is 1. The summed E-state index contributed by atoms with van der Waals surface area (Å²) in [4.78, 5) is 0. The second-order valence-electron chi connectivity index (χ2n) is 1.36. The average Bonchev–Trinajstić information content (AvgIpc) is 2.02. The molecule has 0 aliphatic heterocycles. The molecule has 0 bridgehead atoms. The highest BCUT2D eigenvalue weighted by molar-refractivity contribution is 6.48. The zero-order valence-corrected chi connectivity index (χ0v) is 7.37. The molecule has 0 rings (SSSR count). The molecule has 0 radical (unpaired) electrons. The highest BCUT2D eigenvalue weighted by Gasteiger charge is 2.04. The fourth-order valence-electron chi connectivity index (χ4n) is 0.274. The maximum absolute atomic E-state index is 8.23. The van der Waals surface area contributed by atoms with Gasteiger partial charge in [-0.15, -0.1) is 0 Å². The molecule has 0 aromatic carbocycles. The maximum atomic E-state index is 8.23. The Balaban J connectivity index is 4.82. The van der Waals surface area contributed by atoms with E-state index in [9.17, 15) is 0 Å². The number of hydrogen-bond donors (Lipinski definition) is 0. The number of nitrogens with zero attached hydrogens (tertiary/aromatic N) is 2. The van der Waals surface area contributed by atoms with Gasteiger partial charge in [0.15, 0.2) is 0 Å². The van der Waals surface area contributed by atoms with E-state index in [1.54, 1.807) is 12.1 Å². The molecule has 0 atom stereocenters. The largest absolute Gasteiger partial charge is 0.193 e. The van der Waals surface area contributed by atoms with Gasteiger partial charge in [-0.2, -0.15) is 10.5 Å². The van der Waals surface area contributed by atoms with Crippen LogP contribution in [-0.4, -0.2) is 0 Å². The van der Waals surface area contributed by atoms with Gasteiger partial charge in [0.2, 0.25) is 0 Å². The second kappa shape index (κ2) is 5.04. The van der Waals surface area contributed by atoms with Gasteiger partial charge in [0, 0.05) is 6.08 Å². The summed E-state index contributed by atoms with van der Waals surface area (Å²) in [7, 11) is 0. The molecule has 0 saturated heterocycles. The van der Waals surface area contributed by atoms with Crippen LogP contribution in [0.1, 0.15) is 0 Å². The molecule has 0 unspecified atom stereocenters. The highest BCUT2D eigenvalue weighted by atomic mass is 35.5. The monoisotopic (exact) mass is 206 g/mol. The molecule has 5 heteroatoms. The van der Waals surface area contributed by atoms with Gasteiger partial charge in [-0.3, -0.25) is 0 Å². The smallest absolute Gasteiger partial charge is 0.138 e. The van der Waals surface area contributed by atoms with Crippen LogP contribution in [0.5, 0.6) is 0 Å². The molecule has 0 fully saturated rings. The molecule has 0 spiro atoms. The van der Waals surface area contributed by atoms with Crippen molar-refractivity contribution in [2.45, 2.75) is 0 Å². The molecule has 56 valence electrons. The number of allylic oxidation sites excluding steroid dienone is 4. The lowest BCUT2D eigenvalue weighted by Gasteiger charge is -1.91. The fraction of sp³-hybridized carbons (Fsp3) is 0. The van der Waals surface area contributed by atoms with Crippen LogP contribution in [0.15, 0.2) is 21.2 Å². The summed E-state index contributed by atoms with van der Waals surface area (Å²) < 4.78 is 0. The quantitative estimate of drug-likeness (QED) is 0.490. The summed E-state index contributed by atoms with van der Waals surface area (Å²) in [5, 5.41) is 16.0. The predicted octanol–water partition coefficient (Wildman–Crippen LogP) is 2.85. The number of hydrogen-bond acceptors (Lipinski definition) is 2. The molecular weight excluding hydrogens is 206 g/mol. The van der Waals surface area contributed by atoms with Crippen LogP contribution >= 0.6 is 34.8 Å². The van der Waals surface area contributed by atoms with Crippen molar-refractivity contribution in [2.75, 3.05) is 0 Å². The summed E-state index contributed by atoms with van der Waals surface area (Å²) in [5.74, 6) is 0. The highest BCUT2D eigenvalue weighted by Crippen LogP contribution is 2.24. The first-order chi connectivity index (χ1) is 5.13. The average molecular weight is 207 g/mol. The third kappa shape index (κ3) is 3.30. The Morgan fingerprint density at radius 3 is 2.09 bits per heavy atom. The van der Waals surface area contributed by atoms with Crippen LogP contribution in [0.25, 0.3) is 0 Å². The van der Waals surface area contributed by atoms with Gasteiger partial charge < -0.3 is 0 Å². The SMILES string of the molecule is N#CC=C(Cl)/C(Cl)=C(\Cl)C#N. The molecule has 0 aliphatic carbocycles. The van der Waals surface area contributed by atoms with Crippen molar-refractivity contribution >= 4 is 34.8 Å². The van der Waals surface area contributed by atoms with Crippen molar-refractivity contribution in [1.29, 1.82) is 10.5 Å². The van der Waals surface area contributed by atoms with E-state index in [1.165, 1.54) is 0 Å². The van der Waals surface area contributed by atoms with Gasteiger partial charge in [0.1, 0.15) is 11.1 Å². The Hall–Kier alpha value is -0.670. The van der Waals surface area contributed by atoms with Gasteiger partial charge in [-0.05, 0) is 0 Å². The molecule has 0 aliphatic rings. The normalized spacial score (nSPS) is 13.0. The van der Waals surface area contributed by atoms with Crippen LogP contribution in [0.4, 0.5) is 0 Å². The molecule has 0 heterocycles. The van der Waals surface area contributed by atoms with Crippen molar-refractivity contribution in [3.8, 4) is 12.1 Å². The van der Waals surface area contributed by atoms with Crippen molar-refractivity contribution in [1.82, 2.24) is 0 Å². The van der Waals surface area contributed by atoms with E-state index in [4.69, 9.17) is 45.3 Å². The maximum Gasteiger partial charge on any atom is 0.138 e. The fourth-order valence-corrected chi connectivity index (χ4v) is 0.664. The van der Waals surface area contributed by atoms with E-state index >= 15 is 0 Å². The summed E-state index contributed by atoms with van der Waals surface area (Å²) in [5.41, 5.74) is 0. The van der Waals surface area contributed by atoms with Crippen LogP contribution in [-0.2, 0) is 0 Å². The Bertz CT molecular complexity index is 290. The molecule has 0 aromatic heterocycles. The molecule has 2 nitrogen and oxygen atoms in total. The molecule has 0 N–H and O–H groups in total. The van der Waals surface area contributed by atoms with E-state index in [0.717, 1.165) is 6.08 Å². The molecule has 0 amide bonds. The number of halogens is 3. The molecule has 0 aromatic rings. The summed E-state index contributed by atoms with van der Waals surface area (Å²) in [6, 6.07) is 3.23. The van der Waals surface area contributed by atoms with E-state index in [-0.39, 0.29) is 15.1 Å². The minimum atomic E-state index is -0.233. The third-order valence-electron chi connectivity index (χ3n) is 0.692. The van der Waals surface area contributed by atoms with E-state index < -0.39 is 0 Å². The van der Waals surface area contributed by atoms with Gasteiger partial charge in [-0.1, -0.05) is 34.8 Å². The van der Waals surface area contributed by atoms with Crippen molar-refractivity contribution in [2.24, 2.45) is 0 Å². The van der Waals surface area contributed by atoms with Crippen molar-refractivity contribution < 1.29 is 0 Å². The van der Waals surface area contributed by atoms with Crippen LogP contribution in [0.3, 0.4) is 0 Å². The minimum absolute atomic E-state index is 0.0410. The molecule has 11 heavy (non-hydrogen) atoms. The van der Waals surface area contributed by atoms with Gasteiger partial charge in [0.05, 0.1) is 16.1 Å². The van der Waals surface area contributed by atoms with E-state index in [2.05, 4.69) is 0 Å². The van der Waals surface area contributed by atoms with Crippen LogP contribution < -0.4 is 0 Å². The third-order valence-corrected chi connectivity index (χ3v) is 1.85. The first-order valence-electron chi connectivity index (χ1n) is 2.34. The van der Waals surface area contributed by atoms with Gasteiger partial charge in [0.25, 0.3) is 0 Å². The summed E-state index contributed by atoms with van der Waals surface area (Å²) in [6.07, 6.45) is 0.990. The Morgan fingerprint density at radius 2 is 1.73 bits per heavy atom. The summed E-state index contributed by atoms with van der Waals surface area (Å²) in [6.45, 7) is 0. The zero-order chi connectivity index (χ0) is 8.85. The first-order valence-corrected chi connectivity index (χ1v) is 3.48. The Labute approximate surface area is 78.9 Å². The van der Waals surface area contributed by atoms with Crippen LogP contribution in [0.2, 0.25) is 0 Å². The molecular formula is C6HCl3N2. The van der Waals surface area contributed by atoms with Gasteiger partial charge in [-0.25, -0.2) is 0 Å². The first kappa shape index (κ1) is 10.3. The zero-order valence-electron chi connectivity index (χ0n) is 5.11. The predicted molar refractivity (Wildman–Crippen MR) is 43.9 cm³/mol. The second-order valence-corrected chi connectivity index (χ2v) is 2.52. The van der Waals surface area contributed by atoms with Gasteiger partial charge >= 0.3 is 0 Å². The topological polar surface area (TPSA) is 47.6 Å². The molecule has 0 saturated carbocycles. The Kier molecular flexibility index (Phi) is 4.74. The van der Waals surface area contributed by atoms with E-state index in [1.807, 2.05) is 0 Å². The van der Waals surface area contributed by atoms with Crippen LogP contribution in [0, 0.1) is 22.7 Å².